The van der Waals surface area contributed by atoms with Gasteiger partial charge in [0.15, 0.2) is 0 Å². The number of rotatable bonds is 7. The maximum atomic E-state index is 13.0. The van der Waals surface area contributed by atoms with E-state index < -0.39 is 15.9 Å². The van der Waals surface area contributed by atoms with Crippen LogP contribution in [0.15, 0.2) is 65.7 Å². The van der Waals surface area contributed by atoms with Gasteiger partial charge in [0.05, 0.1) is 18.4 Å². The first-order valence-electron chi connectivity index (χ1n) is 11.3. The van der Waals surface area contributed by atoms with Gasteiger partial charge in [-0.3, -0.25) is 4.79 Å². The van der Waals surface area contributed by atoms with Gasteiger partial charge in [-0.05, 0) is 54.2 Å². The summed E-state index contributed by atoms with van der Waals surface area (Å²) in [6.07, 6.45) is 5.40. The predicted molar refractivity (Wildman–Crippen MR) is 137 cm³/mol. The van der Waals surface area contributed by atoms with Crippen LogP contribution >= 0.6 is 11.8 Å². The van der Waals surface area contributed by atoms with E-state index in [1.54, 1.807) is 11.8 Å². The van der Waals surface area contributed by atoms with Crippen LogP contribution in [-0.2, 0) is 23.0 Å². The Morgan fingerprint density at radius 2 is 1.94 bits per heavy atom. The number of amides is 1. The van der Waals surface area contributed by atoms with Crippen LogP contribution in [0.3, 0.4) is 0 Å². The van der Waals surface area contributed by atoms with E-state index in [0.717, 1.165) is 62.9 Å². The lowest BCUT2D eigenvalue weighted by atomic mass is 9.98. The first-order valence-corrected chi connectivity index (χ1v) is 14.2. The molecule has 1 aliphatic heterocycles. The molecule has 4 aromatic rings. The van der Waals surface area contributed by atoms with Gasteiger partial charge >= 0.3 is 0 Å². The molecule has 3 aromatic carbocycles. The third-order valence-corrected chi connectivity index (χ3v) is 7.70. The summed E-state index contributed by atoms with van der Waals surface area (Å²) in [5.74, 6) is 1.22. The SMILES string of the molecule is CS(=O)(=O)NC(=O)c1cc2c3c(ccn3CCCS2)c1CCCOc1cccc2ccccc12. The highest BCUT2D eigenvalue weighted by Crippen LogP contribution is 2.37. The summed E-state index contributed by atoms with van der Waals surface area (Å²) < 4.78 is 34.1. The number of benzene rings is 3. The molecule has 176 valence electrons. The van der Waals surface area contributed by atoms with Crippen molar-refractivity contribution in [2.24, 2.45) is 0 Å². The van der Waals surface area contributed by atoms with Crippen LogP contribution in [0.5, 0.6) is 5.75 Å². The Bertz CT molecular complexity index is 1490. The van der Waals surface area contributed by atoms with Gasteiger partial charge in [0.2, 0.25) is 10.0 Å². The number of ether oxygens (including phenoxy) is 1. The molecule has 1 N–H and O–H groups in total. The van der Waals surface area contributed by atoms with E-state index in [-0.39, 0.29) is 0 Å². The van der Waals surface area contributed by atoms with E-state index in [0.29, 0.717) is 25.0 Å². The van der Waals surface area contributed by atoms with Crippen molar-refractivity contribution in [3.63, 3.8) is 0 Å². The summed E-state index contributed by atoms with van der Waals surface area (Å²) in [5.41, 5.74) is 2.41. The van der Waals surface area contributed by atoms with Crippen molar-refractivity contribution in [1.29, 1.82) is 0 Å². The number of fused-ring (bicyclic) bond motifs is 1. The number of sulfonamides is 1. The van der Waals surface area contributed by atoms with Gasteiger partial charge in [0, 0.05) is 34.0 Å². The molecular weight excluding hydrogens is 468 g/mol. The summed E-state index contributed by atoms with van der Waals surface area (Å²) in [4.78, 5) is 14.0. The highest BCUT2D eigenvalue weighted by Gasteiger charge is 2.23. The van der Waals surface area contributed by atoms with Crippen molar-refractivity contribution in [3.05, 3.63) is 71.9 Å². The van der Waals surface area contributed by atoms with Gasteiger partial charge in [-0.1, -0.05) is 36.4 Å². The molecule has 0 unspecified atom stereocenters. The molecule has 0 bridgehead atoms. The Hall–Kier alpha value is -2.97. The van der Waals surface area contributed by atoms with Crippen molar-refractivity contribution < 1.29 is 17.9 Å². The van der Waals surface area contributed by atoms with E-state index in [1.807, 2.05) is 42.5 Å². The predicted octanol–water partition coefficient (Wildman–Crippen LogP) is 4.99. The minimum absolute atomic E-state index is 0.422. The molecule has 0 spiro atoms. The number of nitrogens with zero attached hydrogens (tertiary/aromatic N) is 1. The molecule has 2 heterocycles. The number of thioether (sulfide) groups is 1. The Balaban J connectivity index is 1.43. The average molecular weight is 495 g/mol. The van der Waals surface area contributed by atoms with E-state index in [2.05, 4.69) is 27.6 Å². The molecule has 34 heavy (non-hydrogen) atoms. The molecule has 0 saturated heterocycles. The normalized spacial score (nSPS) is 13.7. The monoisotopic (exact) mass is 494 g/mol. The summed E-state index contributed by atoms with van der Waals surface area (Å²) in [6, 6.07) is 18.0. The number of aryl methyl sites for hydroxylation is 2. The molecule has 0 fully saturated rings. The number of aromatic nitrogens is 1. The van der Waals surface area contributed by atoms with Crippen LogP contribution in [0.25, 0.3) is 21.7 Å². The van der Waals surface area contributed by atoms with Crippen LogP contribution in [0.1, 0.15) is 28.8 Å². The fourth-order valence-electron chi connectivity index (χ4n) is 4.58. The lowest BCUT2D eigenvalue weighted by Gasteiger charge is -2.15. The van der Waals surface area contributed by atoms with Gasteiger partial charge in [-0.25, -0.2) is 13.1 Å². The van der Waals surface area contributed by atoms with Crippen LogP contribution in [0.4, 0.5) is 0 Å². The van der Waals surface area contributed by atoms with Gasteiger partial charge in [-0.2, -0.15) is 0 Å². The topological polar surface area (TPSA) is 77.4 Å². The van der Waals surface area contributed by atoms with Crippen LogP contribution in [0.2, 0.25) is 0 Å². The van der Waals surface area contributed by atoms with E-state index in [4.69, 9.17) is 4.74 Å². The molecule has 6 nitrogen and oxygen atoms in total. The molecule has 8 heteroatoms. The van der Waals surface area contributed by atoms with E-state index in [1.165, 1.54) is 0 Å². The molecule has 0 atom stereocenters. The third kappa shape index (κ3) is 4.65. The molecule has 0 aliphatic carbocycles. The summed E-state index contributed by atoms with van der Waals surface area (Å²) in [7, 11) is -3.67. The standard InChI is InChI=1S/C26H26N2O4S2/c1-34(30,31)27-26(29)22-17-24-25-21(12-14-28(25)13-6-16-33-24)20(22)10-5-15-32-23-11-4-8-18-7-2-3-9-19(18)23/h2-4,7-9,11-12,14,17H,5-6,10,13,15-16H2,1H3,(H,27,29). The van der Waals surface area contributed by atoms with Gasteiger partial charge < -0.3 is 9.30 Å². The van der Waals surface area contributed by atoms with Crippen molar-refractivity contribution in [1.82, 2.24) is 9.29 Å². The Kier molecular flexibility index (Phi) is 6.27. The lowest BCUT2D eigenvalue weighted by Crippen LogP contribution is -2.30. The van der Waals surface area contributed by atoms with Crippen molar-refractivity contribution in [3.8, 4) is 5.75 Å². The Morgan fingerprint density at radius 1 is 1.12 bits per heavy atom. The van der Waals surface area contributed by atoms with Gasteiger partial charge in [-0.15, -0.1) is 11.8 Å². The quantitative estimate of drug-likeness (QED) is 0.366. The summed E-state index contributed by atoms with van der Waals surface area (Å²) >= 11 is 1.72. The second-order valence-electron chi connectivity index (χ2n) is 8.51. The second kappa shape index (κ2) is 9.35. The molecule has 1 aromatic heterocycles. The average Bonchev–Trinajstić information content (AvgIpc) is 3.12. The van der Waals surface area contributed by atoms with Gasteiger partial charge in [0.25, 0.3) is 5.91 Å². The number of carbonyl (C=O) groups is 1. The Morgan fingerprint density at radius 3 is 2.79 bits per heavy atom. The van der Waals surface area contributed by atoms with E-state index >= 15 is 0 Å². The summed E-state index contributed by atoms with van der Waals surface area (Å²) in [6.45, 7) is 1.42. The van der Waals surface area contributed by atoms with Crippen LogP contribution in [-0.4, -0.2) is 37.5 Å². The molecule has 0 saturated carbocycles. The molecular formula is C26H26N2O4S2. The first kappa shape index (κ1) is 22.8. The lowest BCUT2D eigenvalue weighted by molar-refractivity contribution is 0.0980. The molecule has 0 radical (unpaired) electrons. The Labute approximate surface area is 203 Å². The number of hydrogen-bond acceptors (Lipinski definition) is 5. The zero-order valence-corrected chi connectivity index (χ0v) is 20.5. The smallest absolute Gasteiger partial charge is 0.265 e. The highest BCUT2D eigenvalue weighted by molar-refractivity contribution is 7.99. The second-order valence-corrected chi connectivity index (χ2v) is 11.4. The summed E-state index contributed by atoms with van der Waals surface area (Å²) in [5, 5.41) is 3.20. The molecule has 1 aliphatic rings. The third-order valence-electron chi connectivity index (χ3n) is 6.02. The van der Waals surface area contributed by atoms with Gasteiger partial charge in [0.1, 0.15) is 5.75 Å². The van der Waals surface area contributed by atoms with Crippen molar-refractivity contribution >= 4 is 49.4 Å². The van der Waals surface area contributed by atoms with Crippen molar-refractivity contribution in [2.45, 2.75) is 30.7 Å². The van der Waals surface area contributed by atoms with Crippen LogP contribution < -0.4 is 9.46 Å². The zero-order valence-electron chi connectivity index (χ0n) is 18.9. The first-order chi connectivity index (χ1) is 16.4. The zero-order chi connectivity index (χ0) is 23.7. The van der Waals surface area contributed by atoms with E-state index in [9.17, 15) is 13.2 Å². The minimum atomic E-state index is -3.67. The maximum Gasteiger partial charge on any atom is 0.265 e. The molecule has 5 rings (SSSR count). The number of carbonyl (C=O) groups excluding carboxylic acids is 1. The van der Waals surface area contributed by atoms with Crippen LogP contribution in [0, 0.1) is 0 Å². The minimum Gasteiger partial charge on any atom is -0.493 e. The number of hydrogen-bond donors (Lipinski definition) is 1. The maximum absolute atomic E-state index is 13.0. The fourth-order valence-corrected chi connectivity index (χ4v) is 6.09. The highest BCUT2D eigenvalue weighted by atomic mass is 32.2. The largest absolute Gasteiger partial charge is 0.493 e. The molecule has 1 amide bonds. The van der Waals surface area contributed by atoms with Crippen molar-refractivity contribution in [2.75, 3.05) is 18.6 Å². The fraction of sp³-hybridized carbons (Fsp3) is 0.269. The number of nitrogens with one attached hydrogen (secondary N) is 1.